The van der Waals surface area contributed by atoms with Crippen LogP contribution in [-0.4, -0.2) is 36.3 Å². The number of benzene rings is 2. The van der Waals surface area contributed by atoms with Crippen LogP contribution in [0.25, 0.3) is 5.69 Å². The van der Waals surface area contributed by atoms with Gasteiger partial charge in [-0.05, 0) is 41.8 Å². The minimum atomic E-state index is -0.337. The lowest BCUT2D eigenvalue weighted by atomic mass is 10.1. The van der Waals surface area contributed by atoms with Crippen molar-refractivity contribution in [3.05, 3.63) is 72.1 Å². The number of nitrogens with zero attached hydrogens (tertiary/aromatic N) is 3. The van der Waals surface area contributed by atoms with E-state index in [0.717, 1.165) is 17.5 Å². The first kappa shape index (κ1) is 20.2. The maximum absolute atomic E-state index is 14.3. The summed E-state index contributed by atoms with van der Waals surface area (Å²) in [5.41, 5.74) is 8.18. The number of rotatable bonds is 8. The number of aromatic nitrogens is 2. The van der Waals surface area contributed by atoms with Crippen molar-refractivity contribution in [1.29, 1.82) is 0 Å². The van der Waals surface area contributed by atoms with E-state index in [2.05, 4.69) is 15.3 Å². The lowest BCUT2D eigenvalue weighted by molar-refractivity contribution is 0.354. The van der Waals surface area contributed by atoms with Gasteiger partial charge in [-0.3, -0.25) is 0 Å². The summed E-state index contributed by atoms with van der Waals surface area (Å²) in [6.07, 6.45) is 5.59. The Bertz CT molecular complexity index is 973. The molecule has 2 aromatic carbocycles. The molecular weight excluding hydrogens is 373 g/mol. The van der Waals surface area contributed by atoms with Crippen molar-refractivity contribution >= 4 is 5.96 Å². The van der Waals surface area contributed by atoms with E-state index in [0.29, 0.717) is 29.7 Å². The molecule has 0 unspecified atom stereocenters. The topological polar surface area (TPSA) is 86.7 Å². The van der Waals surface area contributed by atoms with Crippen LogP contribution in [0.15, 0.2) is 60.1 Å². The van der Waals surface area contributed by atoms with E-state index in [4.69, 9.17) is 15.2 Å². The number of guanidine groups is 1. The third kappa shape index (κ3) is 5.25. The molecule has 0 spiro atoms. The van der Waals surface area contributed by atoms with Gasteiger partial charge >= 0.3 is 0 Å². The Morgan fingerprint density at radius 1 is 1.14 bits per heavy atom. The van der Waals surface area contributed by atoms with Gasteiger partial charge in [-0.25, -0.2) is 14.4 Å². The predicted molar refractivity (Wildman–Crippen MR) is 110 cm³/mol. The van der Waals surface area contributed by atoms with E-state index in [1.807, 2.05) is 24.3 Å². The van der Waals surface area contributed by atoms with Crippen LogP contribution in [0.5, 0.6) is 11.5 Å². The number of aliphatic imine (C=N–C) groups is 1. The predicted octanol–water partition coefficient (Wildman–Crippen LogP) is 2.68. The van der Waals surface area contributed by atoms with E-state index in [-0.39, 0.29) is 12.4 Å². The molecule has 0 amide bonds. The fraction of sp³-hybridized carbons (Fsp3) is 0.238. The highest BCUT2D eigenvalue weighted by Crippen LogP contribution is 2.27. The Balaban J connectivity index is 1.52. The molecule has 152 valence electrons. The molecule has 3 aromatic rings. The highest BCUT2D eigenvalue weighted by molar-refractivity contribution is 5.77. The van der Waals surface area contributed by atoms with Crippen molar-refractivity contribution in [3.8, 4) is 17.2 Å². The van der Waals surface area contributed by atoms with E-state index >= 15 is 0 Å². The third-order valence-corrected chi connectivity index (χ3v) is 4.39. The summed E-state index contributed by atoms with van der Waals surface area (Å²) in [6.45, 7) is 0.898. The summed E-state index contributed by atoms with van der Waals surface area (Å²) in [7, 11) is 3.21. The van der Waals surface area contributed by atoms with Gasteiger partial charge in [-0.2, -0.15) is 0 Å². The molecule has 0 atom stereocenters. The van der Waals surface area contributed by atoms with Crippen LogP contribution in [0, 0.1) is 5.82 Å². The monoisotopic (exact) mass is 397 g/mol. The van der Waals surface area contributed by atoms with E-state index in [1.165, 1.54) is 6.07 Å². The van der Waals surface area contributed by atoms with Gasteiger partial charge in [0.2, 0.25) is 0 Å². The fourth-order valence-electron chi connectivity index (χ4n) is 2.86. The molecule has 0 aliphatic rings. The SMILES string of the molecule is COc1ccc(CCNC(N)=NCc2ccc(-n3ccnc3)c(F)c2)cc1OC. The van der Waals surface area contributed by atoms with E-state index in [9.17, 15) is 4.39 Å². The summed E-state index contributed by atoms with van der Waals surface area (Å²) in [5.74, 6) is 1.35. The quantitative estimate of drug-likeness (QED) is 0.451. The van der Waals surface area contributed by atoms with Gasteiger partial charge in [0.05, 0.1) is 32.8 Å². The summed E-state index contributed by atoms with van der Waals surface area (Å²) in [5, 5.41) is 3.07. The molecule has 0 saturated heterocycles. The average Bonchev–Trinajstić information content (AvgIpc) is 3.26. The van der Waals surface area contributed by atoms with Crippen molar-refractivity contribution in [3.63, 3.8) is 0 Å². The number of nitrogens with two attached hydrogens (primary N) is 1. The molecule has 3 rings (SSSR count). The molecule has 8 heteroatoms. The van der Waals surface area contributed by atoms with Crippen LogP contribution in [0.1, 0.15) is 11.1 Å². The summed E-state index contributed by atoms with van der Waals surface area (Å²) >= 11 is 0. The lowest BCUT2D eigenvalue weighted by Gasteiger charge is -2.10. The molecule has 0 aliphatic carbocycles. The summed E-state index contributed by atoms with van der Waals surface area (Å²) < 4.78 is 26.4. The van der Waals surface area contributed by atoms with Crippen LogP contribution in [0.3, 0.4) is 0 Å². The Morgan fingerprint density at radius 3 is 2.62 bits per heavy atom. The first-order chi connectivity index (χ1) is 14.1. The first-order valence-electron chi connectivity index (χ1n) is 9.12. The second-order valence-corrected chi connectivity index (χ2v) is 6.32. The summed E-state index contributed by atoms with van der Waals surface area (Å²) in [4.78, 5) is 8.20. The van der Waals surface area contributed by atoms with Crippen LogP contribution >= 0.6 is 0 Å². The third-order valence-electron chi connectivity index (χ3n) is 4.39. The van der Waals surface area contributed by atoms with Crippen molar-refractivity contribution in [2.24, 2.45) is 10.7 Å². The maximum atomic E-state index is 14.3. The zero-order valence-corrected chi connectivity index (χ0v) is 16.4. The van der Waals surface area contributed by atoms with Gasteiger partial charge in [-0.1, -0.05) is 12.1 Å². The maximum Gasteiger partial charge on any atom is 0.188 e. The van der Waals surface area contributed by atoms with Gasteiger partial charge in [0.25, 0.3) is 0 Å². The highest BCUT2D eigenvalue weighted by Gasteiger charge is 2.06. The molecule has 0 saturated carbocycles. The lowest BCUT2D eigenvalue weighted by Crippen LogP contribution is -2.33. The Kier molecular flexibility index (Phi) is 6.67. The van der Waals surface area contributed by atoms with Gasteiger partial charge in [0, 0.05) is 18.9 Å². The Morgan fingerprint density at radius 2 is 1.93 bits per heavy atom. The van der Waals surface area contributed by atoms with E-state index < -0.39 is 0 Å². The van der Waals surface area contributed by atoms with Crippen LogP contribution in [0.2, 0.25) is 0 Å². The molecule has 0 radical (unpaired) electrons. The molecule has 0 fully saturated rings. The average molecular weight is 397 g/mol. The second kappa shape index (κ2) is 9.59. The minimum Gasteiger partial charge on any atom is -0.493 e. The fourth-order valence-corrected chi connectivity index (χ4v) is 2.86. The van der Waals surface area contributed by atoms with Gasteiger partial charge in [-0.15, -0.1) is 0 Å². The van der Waals surface area contributed by atoms with Gasteiger partial charge in [0.1, 0.15) is 5.82 Å². The van der Waals surface area contributed by atoms with Gasteiger partial charge < -0.3 is 25.1 Å². The Labute approximate surface area is 169 Å². The molecule has 7 nitrogen and oxygen atoms in total. The standard InChI is InChI=1S/C21H24FN5O2/c1-28-19-6-4-15(12-20(19)29-2)7-8-25-21(23)26-13-16-3-5-18(17(22)11-16)27-10-9-24-14-27/h3-6,9-12,14H,7-8,13H2,1-2H3,(H3,23,25,26). The van der Waals surface area contributed by atoms with Gasteiger partial charge in [0.15, 0.2) is 17.5 Å². The largest absolute Gasteiger partial charge is 0.493 e. The highest BCUT2D eigenvalue weighted by atomic mass is 19.1. The first-order valence-corrected chi connectivity index (χ1v) is 9.12. The Hall–Kier alpha value is -3.55. The molecule has 1 aromatic heterocycles. The number of hydrogen-bond acceptors (Lipinski definition) is 4. The number of nitrogens with one attached hydrogen (secondary N) is 1. The van der Waals surface area contributed by atoms with Crippen molar-refractivity contribution in [1.82, 2.24) is 14.9 Å². The smallest absolute Gasteiger partial charge is 0.188 e. The minimum absolute atomic E-state index is 0.288. The van der Waals surface area contributed by atoms with Crippen LogP contribution < -0.4 is 20.5 Å². The molecule has 0 bridgehead atoms. The molecule has 0 aliphatic heterocycles. The number of hydrogen-bond donors (Lipinski definition) is 2. The molecule has 29 heavy (non-hydrogen) atoms. The van der Waals surface area contributed by atoms with E-state index in [1.54, 1.807) is 43.6 Å². The second-order valence-electron chi connectivity index (χ2n) is 6.32. The molecular formula is C21H24FN5O2. The van der Waals surface area contributed by atoms with Crippen molar-refractivity contribution < 1.29 is 13.9 Å². The zero-order valence-electron chi connectivity index (χ0n) is 16.4. The summed E-state index contributed by atoms with van der Waals surface area (Å²) in [6, 6.07) is 10.7. The zero-order chi connectivity index (χ0) is 20.6. The van der Waals surface area contributed by atoms with Crippen LogP contribution in [-0.2, 0) is 13.0 Å². The van der Waals surface area contributed by atoms with Crippen LogP contribution in [0.4, 0.5) is 4.39 Å². The normalized spacial score (nSPS) is 11.3. The molecule has 3 N–H and O–H groups in total. The number of halogens is 1. The number of imidazole rings is 1. The number of ether oxygens (including phenoxy) is 2. The number of methoxy groups -OCH3 is 2. The van der Waals surface area contributed by atoms with Crippen molar-refractivity contribution in [2.75, 3.05) is 20.8 Å². The molecule has 1 heterocycles. The van der Waals surface area contributed by atoms with Crippen molar-refractivity contribution in [2.45, 2.75) is 13.0 Å².